The highest BCUT2D eigenvalue weighted by atomic mass is 32.2. The summed E-state index contributed by atoms with van der Waals surface area (Å²) in [5, 5.41) is 3.10. The van der Waals surface area contributed by atoms with Crippen LogP contribution in [0.15, 0.2) is 36.7 Å². The van der Waals surface area contributed by atoms with Crippen molar-refractivity contribution in [1.29, 1.82) is 0 Å². The number of nitrogens with one attached hydrogen (secondary N) is 2. The third-order valence-corrected chi connectivity index (χ3v) is 4.70. The molecule has 8 nitrogen and oxygen atoms in total. The average molecular weight is 361 g/mol. The van der Waals surface area contributed by atoms with E-state index >= 15 is 0 Å². The van der Waals surface area contributed by atoms with Crippen LogP contribution in [0.3, 0.4) is 0 Å². The molecule has 1 aliphatic heterocycles. The van der Waals surface area contributed by atoms with Crippen LogP contribution in [0.25, 0.3) is 0 Å². The Bertz CT molecular complexity index is 694. The lowest BCUT2D eigenvalue weighted by Gasteiger charge is -2.33. The van der Waals surface area contributed by atoms with E-state index in [0.717, 1.165) is 38.2 Å². The minimum atomic E-state index is -2.17. The average Bonchev–Trinajstić information content (AvgIpc) is 2.63. The first kappa shape index (κ1) is 17.7. The second kappa shape index (κ2) is 8.84. The number of nitrogens with zero attached hydrogens (tertiary/aromatic N) is 4. The third kappa shape index (κ3) is 5.45. The maximum atomic E-state index is 10.5. The van der Waals surface area contributed by atoms with Crippen molar-refractivity contribution in [2.45, 2.75) is 19.3 Å². The fourth-order valence-electron chi connectivity index (χ4n) is 2.93. The lowest BCUT2D eigenvalue weighted by atomic mass is 9.94. The van der Waals surface area contributed by atoms with Gasteiger partial charge in [0.2, 0.25) is 5.95 Å². The van der Waals surface area contributed by atoms with Crippen LogP contribution in [-0.2, 0) is 11.3 Å². The highest BCUT2D eigenvalue weighted by Crippen LogP contribution is 2.24. The first-order chi connectivity index (χ1) is 12.2. The van der Waals surface area contributed by atoms with Crippen LogP contribution in [0.1, 0.15) is 19.3 Å². The number of rotatable bonds is 7. The molecule has 2 aromatic heterocycles. The number of piperidine rings is 1. The summed E-state index contributed by atoms with van der Waals surface area (Å²) in [7, 11) is 0. The molecule has 0 radical (unpaired) electrons. The van der Waals surface area contributed by atoms with Gasteiger partial charge in [0.1, 0.15) is 11.6 Å². The van der Waals surface area contributed by atoms with E-state index in [0.29, 0.717) is 24.2 Å². The van der Waals surface area contributed by atoms with Crippen molar-refractivity contribution in [1.82, 2.24) is 19.7 Å². The summed E-state index contributed by atoms with van der Waals surface area (Å²) in [6.07, 6.45) is 6.39. The van der Waals surface area contributed by atoms with E-state index in [1.807, 2.05) is 24.3 Å². The number of pyridine rings is 1. The zero-order chi connectivity index (χ0) is 17.5. The van der Waals surface area contributed by atoms with Gasteiger partial charge in [-0.25, -0.2) is 14.7 Å². The summed E-state index contributed by atoms with van der Waals surface area (Å²) in [6.45, 7) is 2.32. The number of aromatic nitrogens is 3. The van der Waals surface area contributed by atoms with E-state index < -0.39 is 11.3 Å². The molecule has 3 heterocycles. The second-order valence-electron chi connectivity index (χ2n) is 5.93. The Morgan fingerprint density at radius 3 is 2.76 bits per heavy atom. The van der Waals surface area contributed by atoms with Gasteiger partial charge in [-0.2, -0.15) is 4.98 Å². The van der Waals surface area contributed by atoms with Crippen LogP contribution < -0.4 is 14.9 Å². The molecule has 0 amide bonds. The molecule has 1 atom stereocenters. The maximum Gasteiger partial charge on any atom is 0.230 e. The molecule has 0 aliphatic carbocycles. The molecule has 3 rings (SSSR count). The van der Waals surface area contributed by atoms with Gasteiger partial charge >= 0.3 is 0 Å². The molecule has 2 aromatic rings. The van der Waals surface area contributed by atoms with Gasteiger partial charge in [-0.15, -0.1) is 0 Å². The third-order valence-electron chi connectivity index (χ3n) is 4.26. The minimum absolute atomic E-state index is 0.506. The molecular formula is C16H21N6O2S-. The fourth-order valence-corrected chi connectivity index (χ4v) is 3.22. The van der Waals surface area contributed by atoms with Crippen LogP contribution in [0.4, 0.5) is 17.6 Å². The van der Waals surface area contributed by atoms with E-state index in [4.69, 9.17) is 0 Å². The van der Waals surface area contributed by atoms with Crippen LogP contribution in [0.2, 0.25) is 0 Å². The van der Waals surface area contributed by atoms with Gasteiger partial charge < -0.3 is 14.8 Å². The van der Waals surface area contributed by atoms with Crippen LogP contribution in [0, 0.1) is 5.92 Å². The molecule has 1 fully saturated rings. The van der Waals surface area contributed by atoms with Crippen molar-refractivity contribution in [3.63, 3.8) is 0 Å². The number of anilines is 3. The lowest BCUT2D eigenvalue weighted by molar-refractivity contribution is 0.379. The Labute approximate surface area is 149 Å². The Morgan fingerprint density at radius 2 is 2.04 bits per heavy atom. The largest absolute Gasteiger partial charge is 0.760 e. The molecule has 1 aliphatic rings. The molecule has 0 aromatic carbocycles. The SMILES string of the molecule is O=S([O-])NCCC1CCN(c2ccnc(Nc3ccccn3)n2)CC1. The summed E-state index contributed by atoms with van der Waals surface area (Å²) in [5.74, 6) is 2.67. The van der Waals surface area contributed by atoms with Crippen LogP contribution >= 0.6 is 0 Å². The van der Waals surface area contributed by atoms with E-state index in [2.05, 4.69) is 29.9 Å². The quantitative estimate of drug-likeness (QED) is 0.722. The zero-order valence-corrected chi connectivity index (χ0v) is 14.6. The van der Waals surface area contributed by atoms with Gasteiger partial charge in [-0.3, -0.25) is 4.21 Å². The molecular weight excluding hydrogens is 340 g/mol. The molecule has 0 saturated carbocycles. The van der Waals surface area contributed by atoms with Gasteiger partial charge in [0.05, 0.1) is 0 Å². The maximum absolute atomic E-state index is 10.5. The van der Waals surface area contributed by atoms with Crippen molar-refractivity contribution in [3.8, 4) is 0 Å². The number of hydrogen-bond acceptors (Lipinski definition) is 7. The smallest absolute Gasteiger partial charge is 0.230 e. The van der Waals surface area contributed by atoms with Crippen LogP contribution in [0.5, 0.6) is 0 Å². The summed E-state index contributed by atoms with van der Waals surface area (Å²) < 4.78 is 23.4. The number of hydrogen-bond donors (Lipinski definition) is 2. The first-order valence-corrected chi connectivity index (χ1v) is 9.37. The fraction of sp³-hybridized carbons (Fsp3) is 0.438. The first-order valence-electron chi connectivity index (χ1n) is 8.29. The Kier molecular flexibility index (Phi) is 6.26. The van der Waals surface area contributed by atoms with Crippen molar-refractivity contribution in [2.75, 3.05) is 29.9 Å². The minimum Gasteiger partial charge on any atom is -0.760 e. The van der Waals surface area contributed by atoms with Gasteiger partial charge in [-0.1, -0.05) is 6.07 Å². The van der Waals surface area contributed by atoms with Crippen molar-refractivity contribution >= 4 is 28.9 Å². The van der Waals surface area contributed by atoms with Crippen molar-refractivity contribution in [3.05, 3.63) is 36.7 Å². The standard InChI is InChI=1S/C16H22N6O2S/c23-25(24)19-10-4-13-6-11-22(12-7-13)15-5-9-18-16(21-15)20-14-3-1-2-8-17-14/h1-3,5,8-9,13,19H,4,6-7,10-12H2,(H,23,24)(H,17,18,20,21)/p-1. The van der Waals surface area contributed by atoms with Crippen molar-refractivity contribution in [2.24, 2.45) is 5.92 Å². The van der Waals surface area contributed by atoms with Gasteiger partial charge in [-0.05, 0) is 43.4 Å². The lowest BCUT2D eigenvalue weighted by Crippen LogP contribution is -2.35. The normalized spacial score (nSPS) is 16.6. The topological polar surface area (TPSA) is 106 Å². The Hall–Kier alpha value is -2.10. The summed E-state index contributed by atoms with van der Waals surface area (Å²) in [6, 6.07) is 7.54. The van der Waals surface area contributed by atoms with Gasteiger partial charge in [0.25, 0.3) is 0 Å². The van der Waals surface area contributed by atoms with Crippen LogP contribution in [-0.4, -0.2) is 43.3 Å². The summed E-state index contributed by atoms with van der Waals surface area (Å²) in [5.41, 5.74) is 0. The summed E-state index contributed by atoms with van der Waals surface area (Å²) >= 11 is -2.17. The van der Waals surface area contributed by atoms with Gasteiger partial charge in [0, 0.05) is 43.3 Å². The summed E-state index contributed by atoms with van der Waals surface area (Å²) in [4.78, 5) is 15.3. The molecule has 9 heteroatoms. The molecule has 134 valence electrons. The molecule has 1 saturated heterocycles. The van der Waals surface area contributed by atoms with Crippen molar-refractivity contribution < 1.29 is 8.76 Å². The predicted molar refractivity (Wildman–Crippen MR) is 96.0 cm³/mol. The van der Waals surface area contributed by atoms with E-state index in [1.54, 1.807) is 12.4 Å². The molecule has 1 unspecified atom stereocenters. The van der Waals surface area contributed by atoms with E-state index in [-0.39, 0.29) is 0 Å². The molecule has 2 N–H and O–H groups in total. The zero-order valence-electron chi connectivity index (χ0n) is 13.8. The highest BCUT2D eigenvalue weighted by molar-refractivity contribution is 7.77. The molecule has 0 spiro atoms. The Morgan fingerprint density at radius 1 is 1.20 bits per heavy atom. The second-order valence-corrected chi connectivity index (χ2v) is 6.68. The molecule has 0 bridgehead atoms. The highest BCUT2D eigenvalue weighted by Gasteiger charge is 2.20. The predicted octanol–water partition coefficient (Wildman–Crippen LogP) is 1.61. The van der Waals surface area contributed by atoms with Gasteiger partial charge in [0.15, 0.2) is 0 Å². The van der Waals surface area contributed by atoms with E-state index in [9.17, 15) is 8.76 Å². The Balaban J connectivity index is 1.53. The molecule has 25 heavy (non-hydrogen) atoms. The monoisotopic (exact) mass is 361 g/mol. The van der Waals surface area contributed by atoms with E-state index in [1.165, 1.54) is 0 Å².